The summed E-state index contributed by atoms with van der Waals surface area (Å²) in [6.07, 6.45) is -4.16. The van der Waals surface area contributed by atoms with Gasteiger partial charge in [0, 0.05) is 12.1 Å². The fraction of sp³-hybridized carbons (Fsp3) is 0.562. The largest absolute Gasteiger partial charge is 0.508 e. The van der Waals surface area contributed by atoms with E-state index in [2.05, 4.69) is 4.98 Å². The van der Waals surface area contributed by atoms with Crippen LogP contribution in [0, 0.1) is 0 Å². The number of phenolic OH excluding ortho intramolecular Hbond substituents is 1. The van der Waals surface area contributed by atoms with Crippen molar-refractivity contribution in [2.75, 3.05) is 0 Å². The number of imidazole rings is 1. The first-order chi connectivity index (χ1) is 10.8. The highest BCUT2D eigenvalue weighted by Gasteiger charge is 2.44. The molecule has 0 amide bonds. The van der Waals surface area contributed by atoms with Crippen molar-refractivity contribution in [3.63, 3.8) is 0 Å². The third kappa shape index (κ3) is 2.73. The zero-order chi connectivity index (χ0) is 18.1. The maximum Gasteiger partial charge on any atom is 0.418 e. The summed E-state index contributed by atoms with van der Waals surface area (Å²) in [5, 5.41) is 29.9. The highest BCUT2D eigenvalue weighted by atomic mass is 19.4. The number of phenols is 1. The van der Waals surface area contributed by atoms with Crippen molar-refractivity contribution >= 4 is 11.0 Å². The molecule has 1 saturated carbocycles. The molecule has 1 aliphatic carbocycles. The maximum atomic E-state index is 13.5. The molecule has 3 N–H and O–H groups in total. The SMILES string of the molecule is CC1(O)CC(n2c(C(C)(C)O)nc3cc(O)cc(C(F)(F)F)c32)C1. The molecule has 0 spiro atoms. The summed E-state index contributed by atoms with van der Waals surface area (Å²) in [6.45, 7) is 4.49. The van der Waals surface area contributed by atoms with Crippen molar-refractivity contribution in [2.24, 2.45) is 0 Å². The Hall–Kier alpha value is -1.80. The molecule has 1 aromatic carbocycles. The van der Waals surface area contributed by atoms with Gasteiger partial charge < -0.3 is 19.9 Å². The summed E-state index contributed by atoms with van der Waals surface area (Å²) < 4.78 is 41.7. The number of aromatic hydroxyl groups is 1. The van der Waals surface area contributed by atoms with Crippen LogP contribution in [0.25, 0.3) is 11.0 Å². The number of nitrogens with zero attached hydrogens (tertiary/aromatic N) is 2. The van der Waals surface area contributed by atoms with Crippen LogP contribution >= 0.6 is 0 Å². The molecule has 1 fully saturated rings. The minimum absolute atomic E-state index is 0.0361. The van der Waals surface area contributed by atoms with Gasteiger partial charge in [-0.15, -0.1) is 0 Å². The number of hydrogen-bond donors (Lipinski definition) is 3. The van der Waals surface area contributed by atoms with Crippen molar-refractivity contribution in [1.29, 1.82) is 0 Å². The second-order valence-corrected chi connectivity index (χ2v) is 7.28. The summed E-state index contributed by atoms with van der Waals surface area (Å²) in [4.78, 5) is 4.14. The summed E-state index contributed by atoms with van der Waals surface area (Å²) in [7, 11) is 0. The van der Waals surface area contributed by atoms with Crippen molar-refractivity contribution in [3.8, 4) is 5.75 Å². The Morgan fingerprint density at radius 3 is 2.29 bits per heavy atom. The summed E-state index contributed by atoms with van der Waals surface area (Å²) in [5.41, 5.74) is -3.65. The second-order valence-electron chi connectivity index (χ2n) is 7.28. The lowest BCUT2D eigenvalue weighted by Crippen LogP contribution is -2.43. The maximum absolute atomic E-state index is 13.5. The number of aromatic nitrogens is 2. The summed E-state index contributed by atoms with van der Waals surface area (Å²) >= 11 is 0. The lowest BCUT2D eigenvalue weighted by molar-refractivity contribution is -0.136. The Kier molecular flexibility index (Phi) is 3.45. The van der Waals surface area contributed by atoms with Crippen LogP contribution in [0.3, 0.4) is 0 Å². The molecule has 24 heavy (non-hydrogen) atoms. The van der Waals surface area contributed by atoms with E-state index in [1.807, 2.05) is 0 Å². The number of benzene rings is 1. The Balaban J connectivity index is 2.33. The topological polar surface area (TPSA) is 78.5 Å². The molecule has 0 aliphatic heterocycles. The van der Waals surface area contributed by atoms with Gasteiger partial charge in [-0.1, -0.05) is 0 Å². The Bertz CT molecular complexity index is 795. The number of aliphatic hydroxyl groups is 2. The predicted molar refractivity (Wildman–Crippen MR) is 80.5 cm³/mol. The molecule has 8 heteroatoms. The molecule has 1 aliphatic rings. The fourth-order valence-corrected chi connectivity index (χ4v) is 3.36. The van der Waals surface area contributed by atoms with E-state index in [0.29, 0.717) is 6.07 Å². The molecule has 132 valence electrons. The third-order valence-electron chi connectivity index (χ3n) is 4.34. The third-order valence-corrected chi connectivity index (χ3v) is 4.34. The van der Waals surface area contributed by atoms with Gasteiger partial charge in [-0.25, -0.2) is 4.98 Å². The fourth-order valence-electron chi connectivity index (χ4n) is 3.36. The second kappa shape index (κ2) is 4.86. The van der Waals surface area contributed by atoms with Crippen molar-refractivity contribution in [2.45, 2.75) is 57.0 Å². The van der Waals surface area contributed by atoms with Gasteiger partial charge in [-0.3, -0.25) is 0 Å². The van der Waals surface area contributed by atoms with Crippen LogP contribution in [0.4, 0.5) is 13.2 Å². The van der Waals surface area contributed by atoms with Crippen molar-refractivity contribution in [1.82, 2.24) is 9.55 Å². The van der Waals surface area contributed by atoms with Gasteiger partial charge in [0.15, 0.2) is 0 Å². The van der Waals surface area contributed by atoms with Crippen LogP contribution < -0.4 is 0 Å². The normalized spacial score (nSPS) is 25.1. The number of hydrogen-bond acceptors (Lipinski definition) is 4. The zero-order valence-electron chi connectivity index (χ0n) is 13.5. The number of alkyl halides is 3. The molecular weight excluding hydrogens is 325 g/mol. The molecule has 0 radical (unpaired) electrons. The smallest absolute Gasteiger partial charge is 0.418 e. The van der Waals surface area contributed by atoms with E-state index < -0.39 is 34.7 Å². The average Bonchev–Trinajstić information content (AvgIpc) is 2.72. The molecule has 1 heterocycles. The molecule has 0 atom stereocenters. The van der Waals surface area contributed by atoms with Crippen molar-refractivity contribution in [3.05, 3.63) is 23.5 Å². The van der Waals surface area contributed by atoms with E-state index in [1.165, 1.54) is 18.4 Å². The monoisotopic (exact) mass is 344 g/mol. The van der Waals surface area contributed by atoms with Gasteiger partial charge in [0.1, 0.15) is 17.2 Å². The molecule has 0 unspecified atom stereocenters. The molecular formula is C16H19F3N2O3. The van der Waals surface area contributed by atoms with Crippen LogP contribution in [-0.4, -0.2) is 30.5 Å². The Morgan fingerprint density at radius 2 is 1.83 bits per heavy atom. The molecule has 2 aromatic rings. The number of fused-ring (bicyclic) bond motifs is 1. The minimum Gasteiger partial charge on any atom is -0.508 e. The van der Waals surface area contributed by atoms with Gasteiger partial charge in [0.2, 0.25) is 0 Å². The van der Waals surface area contributed by atoms with E-state index in [4.69, 9.17) is 0 Å². The number of rotatable bonds is 2. The predicted octanol–water partition coefficient (Wildman–Crippen LogP) is 3.07. The molecule has 0 bridgehead atoms. The Labute approximate surface area is 136 Å². The van der Waals surface area contributed by atoms with Crippen LogP contribution in [0.2, 0.25) is 0 Å². The van der Waals surface area contributed by atoms with Crippen LogP contribution in [0.5, 0.6) is 5.75 Å². The highest BCUT2D eigenvalue weighted by molar-refractivity contribution is 5.82. The molecule has 5 nitrogen and oxygen atoms in total. The van der Waals surface area contributed by atoms with Gasteiger partial charge in [-0.05, 0) is 39.7 Å². The highest BCUT2D eigenvalue weighted by Crippen LogP contribution is 2.47. The first-order valence-electron chi connectivity index (χ1n) is 7.57. The van der Waals surface area contributed by atoms with Gasteiger partial charge in [0.05, 0.1) is 22.2 Å². The van der Waals surface area contributed by atoms with Crippen LogP contribution in [0.1, 0.15) is 51.0 Å². The van der Waals surface area contributed by atoms with E-state index in [-0.39, 0.29) is 29.7 Å². The van der Waals surface area contributed by atoms with Crippen LogP contribution in [-0.2, 0) is 11.8 Å². The quantitative estimate of drug-likeness (QED) is 0.782. The number of halogens is 3. The lowest BCUT2D eigenvalue weighted by Gasteiger charge is -2.43. The molecule has 0 saturated heterocycles. The first kappa shape index (κ1) is 17.0. The minimum atomic E-state index is -4.68. The van der Waals surface area contributed by atoms with Gasteiger partial charge >= 0.3 is 6.18 Å². The van der Waals surface area contributed by atoms with E-state index in [0.717, 1.165) is 6.07 Å². The molecule has 1 aromatic heterocycles. The van der Waals surface area contributed by atoms with Crippen molar-refractivity contribution < 1.29 is 28.5 Å². The zero-order valence-corrected chi connectivity index (χ0v) is 13.5. The van der Waals surface area contributed by atoms with E-state index in [9.17, 15) is 28.5 Å². The van der Waals surface area contributed by atoms with Crippen LogP contribution in [0.15, 0.2) is 12.1 Å². The van der Waals surface area contributed by atoms with E-state index in [1.54, 1.807) is 6.92 Å². The van der Waals surface area contributed by atoms with Gasteiger partial charge in [0.25, 0.3) is 0 Å². The Morgan fingerprint density at radius 1 is 1.25 bits per heavy atom. The lowest BCUT2D eigenvalue weighted by atomic mass is 9.76. The van der Waals surface area contributed by atoms with E-state index >= 15 is 0 Å². The average molecular weight is 344 g/mol. The summed E-state index contributed by atoms with van der Waals surface area (Å²) in [5.74, 6) is -0.462. The first-order valence-corrected chi connectivity index (χ1v) is 7.57. The van der Waals surface area contributed by atoms with Gasteiger partial charge in [-0.2, -0.15) is 13.2 Å². The summed E-state index contributed by atoms with van der Waals surface area (Å²) in [6, 6.07) is 1.40. The molecule has 3 rings (SSSR count). The standard InChI is InChI=1S/C16H19F3N2O3/c1-14(2,23)13-20-11-5-9(22)4-10(16(17,18)19)12(11)21(13)8-6-15(3,24)7-8/h4-5,8,22-24H,6-7H2,1-3H3.